The number of aromatic nitrogens is 3. The van der Waals surface area contributed by atoms with Gasteiger partial charge < -0.3 is 10.2 Å². The summed E-state index contributed by atoms with van der Waals surface area (Å²) < 4.78 is 1.95. The predicted octanol–water partition coefficient (Wildman–Crippen LogP) is 3.08. The van der Waals surface area contributed by atoms with Gasteiger partial charge in [-0.25, -0.2) is 9.97 Å². The quantitative estimate of drug-likeness (QED) is 0.683. The van der Waals surface area contributed by atoms with Gasteiger partial charge in [-0.15, -0.1) is 0 Å². The number of para-hydroxylation sites is 2. The van der Waals surface area contributed by atoms with Crippen LogP contribution in [0.2, 0.25) is 0 Å². The highest BCUT2D eigenvalue weighted by molar-refractivity contribution is 5.80. The summed E-state index contributed by atoms with van der Waals surface area (Å²) in [6.45, 7) is 3.81. The zero-order valence-corrected chi connectivity index (χ0v) is 17.3. The SMILES string of the molecule is CCCC(=O)N1CCC(C(=O)NCc2ccc(-n3cnc4ccccc43)nc2)CC1. The first-order chi connectivity index (χ1) is 14.7. The Hall–Kier alpha value is -3.22. The van der Waals surface area contributed by atoms with Gasteiger partial charge in [0.15, 0.2) is 0 Å². The molecule has 1 N–H and O–H groups in total. The maximum absolute atomic E-state index is 12.5. The number of amides is 2. The van der Waals surface area contributed by atoms with Crippen LogP contribution >= 0.6 is 0 Å². The molecule has 7 heteroatoms. The van der Waals surface area contributed by atoms with Gasteiger partial charge in [0, 0.05) is 38.2 Å². The molecule has 0 saturated carbocycles. The van der Waals surface area contributed by atoms with Gasteiger partial charge in [-0.2, -0.15) is 0 Å². The number of fused-ring (bicyclic) bond motifs is 1. The number of nitrogens with one attached hydrogen (secondary N) is 1. The average Bonchev–Trinajstić information content (AvgIpc) is 3.22. The lowest BCUT2D eigenvalue weighted by Crippen LogP contribution is -2.42. The van der Waals surface area contributed by atoms with Crippen molar-refractivity contribution in [3.63, 3.8) is 0 Å². The molecule has 1 aliphatic heterocycles. The normalized spacial score (nSPS) is 14.8. The van der Waals surface area contributed by atoms with Crippen LogP contribution in [0.4, 0.5) is 0 Å². The lowest BCUT2D eigenvalue weighted by atomic mass is 9.95. The zero-order valence-electron chi connectivity index (χ0n) is 17.3. The molecule has 30 heavy (non-hydrogen) atoms. The van der Waals surface area contributed by atoms with E-state index in [1.54, 1.807) is 12.5 Å². The highest BCUT2D eigenvalue weighted by Crippen LogP contribution is 2.19. The van der Waals surface area contributed by atoms with Gasteiger partial charge in [-0.1, -0.05) is 25.1 Å². The van der Waals surface area contributed by atoms with Gasteiger partial charge in [-0.05, 0) is 43.0 Å². The summed E-state index contributed by atoms with van der Waals surface area (Å²) in [4.78, 5) is 35.3. The monoisotopic (exact) mass is 405 g/mol. The Morgan fingerprint density at radius 2 is 1.90 bits per heavy atom. The van der Waals surface area contributed by atoms with Crippen molar-refractivity contribution in [3.8, 4) is 5.82 Å². The maximum atomic E-state index is 12.5. The first-order valence-electron chi connectivity index (χ1n) is 10.6. The van der Waals surface area contributed by atoms with E-state index in [4.69, 9.17) is 0 Å². The number of likely N-dealkylation sites (tertiary alicyclic amines) is 1. The summed E-state index contributed by atoms with van der Waals surface area (Å²) >= 11 is 0. The molecule has 1 fully saturated rings. The van der Waals surface area contributed by atoms with Crippen molar-refractivity contribution in [1.29, 1.82) is 0 Å². The van der Waals surface area contributed by atoms with Crippen LogP contribution in [0.5, 0.6) is 0 Å². The fourth-order valence-corrected chi connectivity index (χ4v) is 3.90. The van der Waals surface area contributed by atoms with E-state index in [0.29, 0.717) is 26.1 Å². The van der Waals surface area contributed by atoms with Crippen molar-refractivity contribution in [2.24, 2.45) is 5.92 Å². The second-order valence-corrected chi connectivity index (χ2v) is 7.75. The first-order valence-corrected chi connectivity index (χ1v) is 10.6. The lowest BCUT2D eigenvalue weighted by molar-refractivity contribution is -0.135. The Kier molecular flexibility index (Phi) is 6.07. The third-order valence-corrected chi connectivity index (χ3v) is 5.66. The van der Waals surface area contributed by atoms with Crippen LogP contribution in [-0.4, -0.2) is 44.3 Å². The van der Waals surface area contributed by atoms with E-state index >= 15 is 0 Å². The van der Waals surface area contributed by atoms with Crippen molar-refractivity contribution in [2.45, 2.75) is 39.2 Å². The van der Waals surface area contributed by atoms with E-state index < -0.39 is 0 Å². The third-order valence-electron chi connectivity index (χ3n) is 5.66. The van der Waals surface area contributed by atoms with Crippen LogP contribution in [0, 0.1) is 5.92 Å². The van der Waals surface area contributed by atoms with Crippen molar-refractivity contribution >= 4 is 22.8 Å². The van der Waals surface area contributed by atoms with Gasteiger partial charge in [0.2, 0.25) is 11.8 Å². The molecule has 1 aromatic carbocycles. The number of hydrogen-bond donors (Lipinski definition) is 1. The van der Waals surface area contributed by atoms with E-state index in [1.807, 2.05) is 52.8 Å². The molecule has 0 aliphatic carbocycles. The van der Waals surface area contributed by atoms with Crippen molar-refractivity contribution < 1.29 is 9.59 Å². The molecule has 0 radical (unpaired) electrons. The molecular weight excluding hydrogens is 378 g/mol. The number of hydrogen-bond acceptors (Lipinski definition) is 4. The maximum Gasteiger partial charge on any atom is 0.223 e. The number of rotatable bonds is 6. The minimum absolute atomic E-state index is 0.0276. The fraction of sp³-hybridized carbons (Fsp3) is 0.391. The molecule has 2 aromatic heterocycles. The van der Waals surface area contributed by atoms with Crippen molar-refractivity contribution in [2.75, 3.05) is 13.1 Å². The zero-order chi connectivity index (χ0) is 20.9. The van der Waals surface area contributed by atoms with Crippen LogP contribution in [0.1, 0.15) is 38.2 Å². The van der Waals surface area contributed by atoms with E-state index in [-0.39, 0.29) is 17.7 Å². The number of benzene rings is 1. The molecule has 1 saturated heterocycles. The Balaban J connectivity index is 1.30. The molecule has 0 bridgehead atoms. The van der Waals surface area contributed by atoms with Crippen molar-refractivity contribution in [1.82, 2.24) is 24.8 Å². The molecular formula is C23H27N5O2. The first kappa shape index (κ1) is 20.1. The Morgan fingerprint density at radius 1 is 1.10 bits per heavy atom. The molecule has 156 valence electrons. The van der Waals surface area contributed by atoms with Crippen LogP contribution in [0.15, 0.2) is 48.9 Å². The average molecular weight is 406 g/mol. The summed E-state index contributed by atoms with van der Waals surface area (Å²) in [6.07, 6.45) is 6.47. The number of carbonyl (C=O) groups excluding carboxylic acids is 2. The van der Waals surface area contributed by atoms with Crippen LogP contribution in [-0.2, 0) is 16.1 Å². The summed E-state index contributed by atoms with van der Waals surface area (Å²) in [6, 6.07) is 11.8. The summed E-state index contributed by atoms with van der Waals surface area (Å²) in [5, 5.41) is 3.02. The molecule has 2 amide bonds. The third kappa shape index (κ3) is 4.35. The fourth-order valence-electron chi connectivity index (χ4n) is 3.90. The topological polar surface area (TPSA) is 80.1 Å². The van der Waals surface area contributed by atoms with Gasteiger partial charge in [0.05, 0.1) is 11.0 Å². The molecule has 3 aromatic rings. The van der Waals surface area contributed by atoms with E-state index in [2.05, 4.69) is 15.3 Å². The summed E-state index contributed by atoms with van der Waals surface area (Å²) in [5.74, 6) is 1.03. The molecule has 7 nitrogen and oxygen atoms in total. The summed E-state index contributed by atoms with van der Waals surface area (Å²) in [7, 11) is 0. The standard InChI is InChI=1S/C23H27N5O2/c1-2-5-22(29)27-12-10-18(11-13-27)23(30)25-15-17-8-9-21(24-14-17)28-16-26-19-6-3-4-7-20(19)28/h3-4,6-9,14,16,18H,2,5,10-13,15H2,1H3,(H,25,30). The Morgan fingerprint density at radius 3 is 2.63 bits per heavy atom. The van der Waals surface area contributed by atoms with E-state index in [0.717, 1.165) is 41.7 Å². The second-order valence-electron chi connectivity index (χ2n) is 7.75. The largest absolute Gasteiger partial charge is 0.352 e. The van der Waals surface area contributed by atoms with Gasteiger partial charge in [-0.3, -0.25) is 14.2 Å². The minimum atomic E-state index is -0.0276. The summed E-state index contributed by atoms with van der Waals surface area (Å²) in [5.41, 5.74) is 2.89. The number of piperidine rings is 1. The molecule has 0 unspecified atom stereocenters. The number of pyridine rings is 1. The number of carbonyl (C=O) groups is 2. The minimum Gasteiger partial charge on any atom is -0.352 e. The van der Waals surface area contributed by atoms with Gasteiger partial charge >= 0.3 is 0 Å². The Labute approximate surface area is 176 Å². The second kappa shape index (κ2) is 9.07. The highest BCUT2D eigenvalue weighted by atomic mass is 16.2. The van der Waals surface area contributed by atoms with E-state index in [9.17, 15) is 9.59 Å². The molecule has 0 spiro atoms. The van der Waals surface area contributed by atoms with Gasteiger partial charge in [0.25, 0.3) is 0 Å². The number of nitrogens with zero attached hydrogens (tertiary/aromatic N) is 4. The Bertz CT molecular complexity index is 1020. The smallest absolute Gasteiger partial charge is 0.223 e. The molecule has 1 aliphatic rings. The lowest BCUT2D eigenvalue weighted by Gasteiger charge is -2.31. The van der Waals surface area contributed by atoms with Crippen molar-refractivity contribution in [3.05, 3.63) is 54.5 Å². The van der Waals surface area contributed by atoms with Gasteiger partial charge in [0.1, 0.15) is 12.1 Å². The van der Waals surface area contributed by atoms with E-state index in [1.165, 1.54) is 0 Å². The molecule has 3 heterocycles. The van der Waals surface area contributed by atoms with Crippen LogP contribution in [0.25, 0.3) is 16.9 Å². The predicted molar refractivity (Wildman–Crippen MR) is 115 cm³/mol. The molecule has 0 atom stereocenters. The number of imidazole rings is 1. The van der Waals surface area contributed by atoms with Crippen LogP contribution in [0.3, 0.4) is 0 Å². The molecule has 4 rings (SSSR count). The highest BCUT2D eigenvalue weighted by Gasteiger charge is 2.26. The van der Waals surface area contributed by atoms with Crippen LogP contribution < -0.4 is 5.32 Å².